The van der Waals surface area contributed by atoms with Gasteiger partial charge in [-0.25, -0.2) is 4.79 Å². The highest BCUT2D eigenvalue weighted by Gasteiger charge is 2.06. The smallest absolute Gasteiger partial charge is 0.319 e. The zero-order valence-corrected chi connectivity index (χ0v) is 13.8. The number of hydrogen-bond acceptors (Lipinski definition) is 4. The topological polar surface area (TPSA) is 101 Å². The summed E-state index contributed by atoms with van der Waals surface area (Å²) in [7, 11) is -1.06. The zero-order chi connectivity index (χ0) is 17.5. The van der Waals surface area contributed by atoms with Gasteiger partial charge in [-0.15, -0.1) is 0 Å². The summed E-state index contributed by atoms with van der Waals surface area (Å²) in [5, 5.41) is 16.1. The molecule has 0 saturated heterocycles. The molecule has 0 aromatic heterocycles. The van der Waals surface area contributed by atoms with Gasteiger partial charge in [0.1, 0.15) is 0 Å². The maximum Gasteiger partial charge on any atom is 0.319 e. The first-order valence-corrected chi connectivity index (χ1v) is 8.73. The molecule has 7 nitrogen and oxygen atoms in total. The molecule has 0 aliphatic carbocycles. The Morgan fingerprint density at radius 1 is 1.21 bits per heavy atom. The summed E-state index contributed by atoms with van der Waals surface area (Å²) in [6, 6.07) is 12.7. The number of benzene rings is 2. The first kappa shape index (κ1) is 17.6. The van der Waals surface area contributed by atoms with Crippen LogP contribution in [0.2, 0.25) is 0 Å². The molecule has 2 aromatic carbocycles. The number of hydrogen-bond donors (Lipinski definition) is 2. The number of urea groups is 1. The van der Waals surface area contributed by atoms with E-state index in [9.17, 15) is 19.1 Å². The van der Waals surface area contributed by atoms with Crippen molar-refractivity contribution in [2.75, 3.05) is 18.1 Å². The molecule has 0 aliphatic heterocycles. The molecule has 0 saturated carbocycles. The monoisotopic (exact) mass is 347 g/mol. The molecular formula is C16H17N3O4S. The van der Waals surface area contributed by atoms with Crippen LogP contribution in [0, 0.1) is 10.1 Å². The molecule has 0 radical (unpaired) electrons. The second-order valence-corrected chi connectivity index (χ2v) is 6.42. The van der Waals surface area contributed by atoms with Crippen LogP contribution in [0.1, 0.15) is 5.56 Å². The number of nitro groups is 1. The van der Waals surface area contributed by atoms with Crippen molar-refractivity contribution in [1.82, 2.24) is 5.32 Å². The summed E-state index contributed by atoms with van der Waals surface area (Å²) in [5.41, 5.74) is 1.40. The molecule has 0 bridgehead atoms. The summed E-state index contributed by atoms with van der Waals surface area (Å²) >= 11 is 0. The second-order valence-electron chi connectivity index (χ2n) is 5.04. The van der Waals surface area contributed by atoms with Crippen LogP contribution < -0.4 is 10.6 Å². The van der Waals surface area contributed by atoms with Crippen molar-refractivity contribution in [1.29, 1.82) is 0 Å². The molecule has 2 rings (SSSR count). The van der Waals surface area contributed by atoms with Crippen molar-refractivity contribution in [3.63, 3.8) is 0 Å². The van der Waals surface area contributed by atoms with Crippen LogP contribution in [0.3, 0.4) is 0 Å². The Balaban J connectivity index is 1.82. The van der Waals surface area contributed by atoms with E-state index in [4.69, 9.17) is 0 Å². The van der Waals surface area contributed by atoms with E-state index in [-0.39, 0.29) is 11.7 Å². The van der Waals surface area contributed by atoms with Crippen LogP contribution in [0.25, 0.3) is 0 Å². The van der Waals surface area contributed by atoms with Gasteiger partial charge in [-0.05, 0) is 36.2 Å². The van der Waals surface area contributed by atoms with Crippen LogP contribution in [0.15, 0.2) is 53.4 Å². The first-order chi connectivity index (χ1) is 11.5. The van der Waals surface area contributed by atoms with E-state index >= 15 is 0 Å². The third kappa shape index (κ3) is 5.17. The van der Waals surface area contributed by atoms with E-state index in [0.717, 1.165) is 5.56 Å². The maximum absolute atomic E-state index is 11.8. The predicted octanol–water partition coefficient (Wildman–Crippen LogP) is 2.70. The van der Waals surface area contributed by atoms with Gasteiger partial charge in [0.15, 0.2) is 0 Å². The number of anilines is 1. The molecule has 2 aromatic rings. The molecule has 0 aliphatic rings. The quantitative estimate of drug-likeness (QED) is 0.619. The Labute approximate surface area is 141 Å². The lowest BCUT2D eigenvalue weighted by molar-refractivity contribution is -0.384. The predicted molar refractivity (Wildman–Crippen MR) is 92.6 cm³/mol. The fourth-order valence-corrected chi connectivity index (χ4v) is 2.57. The molecule has 0 heterocycles. The fraction of sp³-hybridized carbons (Fsp3) is 0.188. The Morgan fingerprint density at radius 3 is 2.54 bits per heavy atom. The first-order valence-electron chi connectivity index (χ1n) is 7.17. The number of rotatable bonds is 6. The van der Waals surface area contributed by atoms with Gasteiger partial charge in [-0.2, -0.15) is 0 Å². The lowest BCUT2D eigenvalue weighted by Gasteiger charge is -2.08. The number of nitrogens with zero attached hydrogens (tertiary/aromatic N) is 1. The highest BCUT2D eigenvalue weighted by molar-refractivity contribution is 7.84. The van der Waals surface area contributed by atoms with Crippen LogP contribution in [-0.2, 0) is 17.2 Å². The van der Waals surface area contributed by atoms with Gasteiger partial charge in [-0.3, -0.25) is 14.3 Å². The number of nitrogens with one attached hydrogen (secondary N) is 2. The van der Waals surface area contributed by atoms with Gasteiger partial charge < -0.3 is 10.6 Å². The number of non-ortho nitro benzene ring substituents is 1. The average molecular weight is 347 g/mol. The number of carbonyl (C=O) groups excluding carboxylic acids is 1. The second kappa shape index (κ2) is 8.21. The van der Waals surface area contributed by atoms with Crippen molar-refractivity contribution in [2.24, 2.45) is 0 Å². The molecule has 2 amide bonds. The maximum atomic E-state index is 11.8. The van der Waals surface area contributed by atoms with Crippen molar-refractivity contribution in [2.45, 2.75) is 11.3 Å². The average Bonchev–Trinajstić information content (AvgIpc) is 2.55. The lowest BCUT2D eigenvalue weighted by atomic mass is 10.1. The van der Waals surface area contributed by atoms with Gasteiger partial charge in [0.2, 0.25) is 0 Å². The summed E-state index contributed by atoms with van der Waals surface area (Å²) in [6.07, 6.45) is 2.08. The number of nitro benzene ring substituents is 1. The molecule has 24 heavy (non-hydrogen) atoms. The molecule has 0 fully saturated rings. The molecule has 0 spiro atoms. The van der Waals surface area contributed by atoms with E-state index < -0.39 is 15.7 Å². The summed E-state index contributed by atoms with van der Waals surface area (Å²) < 4.78 is 11.3. The Morgan fingerprint density at radius 2 is 1.92 bits per heavy atom. The van der Waals surface area contributed by atoms with Crippen molar-refractivity contribution in [3.8, 4) is 0 Å². The van der Waals surface area contributed by atoms with Crippen LogP contribution in [0.4, 0.5) is 16.2 Å². The zero-order valence-electron chi connectivity index (χ0n) is 13.0. The molecule has 1 atom stereocenters. The normalized spacial score (nSPS) is 11.5. The standard InChI is InChI=1S/C16H17N3O4S/c1-24(23)15-7-5-13(6-8-15)18-16(20)17-10-9-12-3-2-4-14(11-12)19(21)22/h2-8,11H,9-10H2,1H3,(H2,17,18,20)/t24-/m0/s1. The van der Waals surface area contributed by atoms with E-state index in [0.29, 0.717) is 23.5 Å². The fourth-order valence-electron chi connectivity index (χ4n) is 2.05. The van der Waals surface area contributed by atoms with Gasteiger partial charge >= 0.3 is 6.03 Å². The lowest BCUT2D eigenvalue weighted by Crippen LogP contribution is -2.30. The van der Waals surface area contributed by atoms with Crippen LogP contribution in [-0.4, -0.2) is 28.0 Å². The third-order valence-electron chi connectivity index (χ3n) is 3.26. The van der Waals surface area contributed by atoms with Gasteiger partial charge in [0.05, 0.1) is 4.92 Å². The Bertz CT molecular complexity index is 762. The van der Waals surface area contributed by atoms with E-state index in [1.54, 1.807) is 42.7 Å². The van der Waals surface area contributed by atoms with Crippen LogP contribution >= 0.6 is 0 Å². The van der Waals surface area contributed by atoms with Crippen molar-refractivity contribution < 1.29 is 13.9 Å². The Hall–Kier alpha value is -2.74. The molecule has 126 valence electrons. The van der Waals surface area contributed by atoms with Gasteiger partial charge in [0, 0.05) is 46.3 Å². The molecule has 8 heteroatoms. The molecule has 0 unspecified atom stereocenters. The number of carbonyl (C=O) groups is 1. The minimum absolute atomic E-state index is 0.0327. The van der Waals surface area contributed by atoms with Crippen molar-refractivity contribution >= 4 is 28.2 Å². The summed E-state index contributed by atoms with van der Waals surface area (Å²) in [4.78, 5) is 22.8. The van der Waals surface area contributed by atoms with E-state index in [1.165, 1.54) is 12.1 Å². The van der Waals surface area contributed by atoms with Crippen LogP contribution in [0.5, 0.6) is 0 Å². The van der Waals surface area contributed by atoms with Gasteiger partial charge in [-0.1, -0.05) is 12.1 Å². The minimum Gasteiger partial charge on any atom is -0.338 e. The SMILES string of the molecule is C[S@](=O)c1ccc(NC(=O)NCCc2cccc([N+](=O)[O-])c2)cc1. The number of amides is 2. The highest BCUT2D eigenvalue weighted by atomic mass is 32.2. The highest BCUT2D eigenvalue weighted by Crippen LogP contribution is 2.13. The third-order valence-corrected chi connectivity index (χ3v) is 4.20. The van der Waals surface area contributed by atoms with Gasteiger partial charge in [0.25, 0.3) is 5.69 Å². The Kier molecular flexibility index (Phi) is 6.02. The van der Waals surface area contributed by atoms with E-state index in [1.807, 2.05) is 0 Å². The summed E-state index contributed by atoms with van der Waals surface area (Å²) in [5.74, 6) is 0. The van der Waals surface area contributed by atoms with Crippen molar-refractivity contribution in [3.05, 3.63) is 64.2 Å². The molecule has 2 N–H and O–H groups in total. The minimum atomic E-state index is -1.06. The van der Waals surface area contributed by atoms with E-state index in [2.05, 4.69) is 10.6 Å². The molecular weight excluding hydrogens is 330 g/mol. The summed E-state index contributed by atoms with van der Waals surface area (Å²) in [6.45, 7) is 0.351. The largest absolute Gasteiger partial charge is 0.338 e.